The topological polar surface area (TPSA) is 93.7 Å². The number of hydrogen-bond donors (Lipinski definition) is 2. The van der Waals surface area contributed by atoms with Gasteiger partial charge in [0.1, 0.15) is 12.1 Å². The van der Waals surface area contributed by atoms with Gasteiger partial charge in [-0.2, -0.15) is 0 Å². The minimum Gasteiger partial charge on any atom is -0.379 e. The van der Waals surface area contributed by atoms with Gasteiger partial charge in [0, 0.05) is 39.1 Å². The minimum atomic E-state index is -0.437. The van der Waals surface area contributed by atoms with Crippen LogP contribution in [0.1, 0.15) is 65.7 Å². The fourth-order valence-electron chi connectivity index (χ4n) is 8.61. The van der Waals surface area contributed by atoms with E-state index in [9.17, 15) is 9.59 Å². The molecular formula is C28H48N3O5+. The van der Waals surface area contributed by atoms with E-state index in [4.69, 9.17) is 14.2 Å². The number of carbonyl (C=O) groups is 2. The number of hydrogen-bond acceptors (Lipinski definition) is 5. The number of carbonyl (C=O) groups excluding carboxylic acids is 2. The highest BCUT2D eigenvalue weighted by atomic mass is 16.5. The zero-order valence-corrected chi connectivity index (χ0v) is 22.9. The average molecular weight is 507 g/mol. The Bertz CT molecular complexity index is 808. The molecule has 3 N–H and O–H groups in total. The van der Waals surface area contributed by atoms with Gasteiger partial charge in [-0.05, 0) is 63.2 Å². The summed E-state index contributed by atoms with van der Waals surface area (Å²) in [6, 6.07) is 1.07. The number of methoxy groups -OCH3 is 2. The second kappa shape index (κ2) is 10.9. The van der Waals surface area contributed by atoms with Crippen molar-refractivity contribution in [1.82, 2.24) is 10.2 Å². The van der Waals surface area contributed by atoms with Crippen LogP contribution in [0, 0.1) is 29.6 Å². The van der Waals surface area contributed by atoms with Crippen molar-refractivity contribution in [3.63, 3.8) is 0 Å². The van der Waals surface area contributed by atoms with Crippen molar-refractivity contribution in [2.24, 2.45) is 29.6 Å². The van der Waals surface area contributed by atoms with Crippen LogP contribution in [0.5, 0.6) is 0 Å². The summed E-state index contributed by atoms with van der Waals surface area (Å²) in [6.07, 6.45) is 6.45. The second-order valence-corrected chi connectivity index (χ2v) is 12.4. The van der Waals surface area contributed by atoms with E-state index in [2.05, 4.69) is 29.4 Å². The number of amides is 2. The van der Waals surface area contributed by atoms with Crippen LogP contribution in [0.15, 0.2) is 0 Å². The van der Waals surface area contributed by atoms with E-state index in [1.54, 1.807) is 14.2 Å². The molecule has 0 aromatic heterocycles. The number of nitrogens with one attached hydrogen (secondary N) is 1. The lowest BCUT2D eigenvalue weighted by atomic mass is 9.64. The normalized spacial score (nSPS) is 42.5. The predicted molar refractivity (Wildman–Crippen MR) is 135 cm³/mol. The zero-order valence-electron chi connectivity index (χ0n) is 22.9. The van der Waals surface area contributed by atoms with E-state index in [-0.39, 0.29) is 36.2 Å². The molecule has 2 amide bonds. The molecule has 0 spiro atoms. The van der Waals surface area contributed by atoms with Gasteiger partial charge in [0.25, 0.3) is 0 Å². The van der Waals surface area contributed by atoms with Crippen LogP contribution >= 0.6 is 0 Å². The Hall–Kier alpha value is -1.22. The summed E-state index contributed by atoms with van der Waals surface area (Å²) in [5, 5.41) is 5.57. The monoisotopic (exact) mass is 506 g/mol. The fourth-order valence-corrected chi connectivity index (χ4v) is 8.61. The number of ether oxygens (including phenoxy) is 3. The van der Waals surface area contributed by atoms with Gasteiger partial charge in [-0.25, -0.2) is 0 Å². The molecule has 3 aliphatic heterocycles. The van der Waals surface area contributed by atoms with E-state index in [1.807, 2.05) is 6.92 Å². The summed E-state index contributed by atoms with van der Waals surface area (Å²) in [6.45, 7) is 8.04. The maximum Gasteiger partial charge on any atom is 0.248 e. The minimum absolute atomic E-state index is 0.00755. The molecule has 0 aromatic carbocycles. The van der Waals surface area contributed by atoms with Crippen LogP contribution in [0.3, 0.4) is 0 Å². The first-order valence-electron chi connectivity index (χ1n) is 14.5. The van der Waals surface area contributed by atoms with Crippen molar-refractivity contribution in [1.29, 1.82) is 0 Å². The Balaban J connectivity index is 1.29. The van der Waals surface area contributed by atoms with Crippen molar-refractivity contribution in [3.05, 3.63) is 0 Å². The molecule has 0 bridgehead atoms. The molecule has 2 saturated carbocycles. The summed E-state index contributed by atoms with van der Waals surface area (Å²) in [4.78, 5) is 29.1. The molecule has 10 unspecified atom stereocenters. The van der Waals surface area contributed by atoms with E-state index >= 15 is 0 Å². The van der Waals surface area contributed by atoms with Gasteiger partial charge in [-0.15, -0.1) is 0 Å². The first-order valence-corrected chi connectivity index (χ1v) is 14.5. The molecule has 11 atom stereocenters. The molecule has 0 radical (unpaired) electrons. The Morgan fingerprint density at radius 1 is 1.06 bits per heavy atom. The Kier molecular flexibility index (Phi) is 7.97. The Morgan fingerprint density at radius 2 is 1.86 bits per heavy atom. The molecular weight excluding hydrogens is 458 g/mol. The summed E-state index contributed by atoms with van der Waals surface area (Å²) in [5.74, 6) is 2.13. The number of rotatable bonds is 8. The molecule has 8 heteroatoms. The van der Waals surface area contributed by atoms with Crippen molar-refractivity contribution in [2.45, 2.75) is 108 Å². The van der Waals surface area contributed by atoms with Crippen LogP contribution < -0.4 is 10.6 Å². The Morgan fingerprint density at radius 3 is 2.58 bits per heavy atom. The standard InChI is InChI=1S/C28H47N3O5/c1-15(2)10-12-30-27(32)16(3)36-17-6-8-21-20(14-17)18-11-13-29-24-19-7-9-22(34-4)26(35-5)23(19)28(33)31(21)25(18)24/h15-26,29H,6-14H2,1-5H3,(H,30,32)/p+1/t16-,17?,18?,19?,20?,21?,22?,23?,24?,25?,26?/m0/s1. The maximum absolute atomic E-state index is 14.1. The van der Waals surface area contributed by atoms with Gasteiger partial charge >= 0.3 is 0 Å². The van der Waals surface area contributed by atoms with Gasteiger partial charge < -0.3 is 29.7 Å². The molecule has 2 aliphatic carbocycles. The van der Waals surface area contributed by atoms with Gasteiger partial charge in [0.15, 0.2) is 0 Å². The Labute approximate surface area is 216 Å². The van der Waals surface area contributed by atoms with Gasteiger partial charge in [-0.1, -0.05) is 13.8 Å². The largest absolute Gasteiger partial charge is 0.379 e. The third-order valence-electron chi connectivity index (χ3n) is 10.2. The second-order valence-electron chi connectivity index (χ2n) is 12.4. The molecule has 204 valence electrons. The van der Waals surface area contributed by atoms with Crippen molar-refractivity contribution in [3.8, 4) is 0 Å². The summed E-state index contributed by atoms with van der Waals surface area (Å²) in [7, 11) is 3.48. The molecule has 0 aromatic rings. The van der Waals surface area contributed by atoms with Crippen LogP contribution in [0.2, 0.25) is 0 Å². The number of quaternary nitrogens is 1. The van der Waals surface area contributed by atoms with Gasteiger partial charge in [-0.3, -0.25) is 9.59 Å². The van der Waals surface area contributed by atoms with Crippen LogP contribution in [0.25, 0.3) is 0 Å². The smallest absolute Gasteiger partial charge is 0.248 e. The molecule has 3 saturated heterocycles. The van der Waals surface area contributed by atoms with E-state index < -0.39 is 6.10 Å². The molecule has 36 heavy (non-hydrogen) atoms. The lowest BCUT2D eigenvalue weighted by Gasteiger charge is -2.53. The van der Waals surface area contributed by atoms with Gasteiger partial charge in [0.05, 0.1) is 36.8 Å². The third-order valence-corrected chi connectivity index (χ3v) is 10.2. The highest BCUT2D eigenvalue weighted by Crippen LogP contribution is 2.53. The number of nitrogens with zero attached hydrogens (tertiary/aromatic N) is 1. The zero-order chi connectivity index (χ0) is 25.6. The number of piperidine rings is 2. The van der Waals surface area contributed by atoms with E-state index in [0.29, 0.717) is 48.2 Å². The van der Waals surface area contributed by atoms with Crippen molar-refractivity contribution >= 4 is 11.8 Å². The SMILES string of the molecule is COC1CCC2C3[NH2+]CCC4C5CC(O[C@@H](C)C(=O)NCCC(C)C)CCC5N(C(=O)C2C1OC)C43. The lowest BCUT2D eigenvalue weighted by molar-refractivity contribution is -0.713. The van der Waals surface area contributed by atoms with Crippen LogP contribution in [0.4, 0.5) is 0 Å². The molecule has 3 heterocycles. The maximum atomic E-state index is 14.1. The first kappa shape index (κ1) is 26.4. The highest BCUT2D eigenvalue weighted by molar-refractivity contribution is 5.82. The van der Waals surface area contributed by atoms with Crippen molar-refractivity contribution < 1.29 is 29.1 Å². The predicted octanol–water partition coefficient (Wildman–Crippen LogP) is 1.32. The number of nitrogens with two attached hydrogens (primary N) is 1. The molecule has 8 nitrogen and oxygen atoms in total. The van der Waals surface area contributed by atoms with Crippen LogP contribution in [-0.4, -0.2) is 86.6 Å². The van der Waals surface area contributed by atoms with Crippen LogP contribution in [-0.2, 0) is 23.8 Å². The van der Waals surface area contributed by atoms with E-state index in [0.717, 1.165) is 51.5 Å². The summed E-state index contributed by atoms with van der Waals surface area (Å²) < 4.78 is 18.0. The summed E-state index contributed by atoms with van der Waals surface area (Å²) in [5.41, 5.74) is 0. The molecule has 5 aliphatic rings. The van der Waals surface area contributed by atoms with E-state index in [1.165, 1.54) is 0 Å². The lowest BCUT2D eigenvalue weighted by Crippen LogP contribution is -2.99. The highest BCUT2D eigenvalue weighted by Gasteiger charge is 2.66. The fraction of sp³-hybridized carbons (Fsp3) is 0.929. The molecule has 5 fully saturated rings. The first-order chi connectivity index (χ1) is 17.3. The number of fused-ring (bicyclic) bond motifs is 5. The van der Waals surface area contributed by atoms with Crippen molar-refractivity contribution in [2.75, 3.05) is 27.3 Å². The third kappa shape index (κ3) is 4.61. The summed E-state index contributed by atoms with van der Waals surface area (Å²) >= 11 is 0. The quantitative estimate of drug-likeness (QED) is 0.518. The van der Waals surface area contributed by atoms with Gasteiger partial charge in [0.2, 0.25) is 11.8 Å². The average Bonchev–Trinajstić information content (AvgIpc) is 3.20. The molecule has 5 rings (SSSR count).